The molecule has 2 rings (SSSR count). The van der Waals surface area contributed by atoms with E-state index >= 15 is 0 Å². The van der Waals surface area contributed by atoms with E-state index < -0.39 is 11.8 Å². The Hall–Kier alpha value is -1.69. The second-order valence-electron chi connectivity index (χ2n) is 2.50. The van der Waals surface area contributed by atoms with Gasteiger partial charge in [0.05, 0.1) is 7.11 Å². The van der Waals surface area contributed by atoms with E-state index in [1.54, 1.807) is 11.4 Å². The number of carbonyl (C=O) groups is 1. The Bertz CT molecular complexity index is 494. The lowest BCUT2D eigenvalue weighted by atomic mass is 10.4. The van der Waals surface area contributed by atoms with Crippen LogP contribution in [0.3, 0.4) is 0 Å². The summed E-state index contributed by atoms with van der Waals surface area (Å²) in [6.07, 6.45) is 0. The lowest BCUT2D eigenvalue weighted by molar-refractivity contribution is 0.0590. The first-order chi connectivity index (χ1) is 6.72. The molecule has 0 saturated heterocycles. The Labute approximate surface area is 83.0 Å². The van der Waals surface area contributed by atoms with Gasteiger partial charge in [-0.1, -0.05) is 0 Å². The average Bonchev–Trinajstić information content (AvgIpc) is 2.62. The minimum atomic E-state index is -0.692. The maximum atomic E-state index is 11.1. The fraction of sp³-hybridized carbons (Fsp3) is 0.125. The Morgan fingerprint density at radius 1 is 1.57 bits per heavy atom. The molecular formula is C8H6N2O3S. The molecule has 2 heterocycles. The number of rotatable bonds is 1. The predicted octanol–water partition coefficient (Wildman–Crippen LogP) is 1.18. The first kappa shape index (κ1) is 8.89. The van der Waals surface area contributed by atoms with E-state index in [0.717, 1.165) is 0 Å². The highest BCUT2D eigenvalue weighted by molar-refractivity contribution is 7.16. The molecule has 0 bridgehead atoms. The summed E-state index contributed by atoms with van der Waals surface area (Å²) in [5, 5.41) is 11.1. The number of hydrogen-bond acceptors (Lipinski definition) is 6. The summed E-state index contributed by atoms with van der Waals surface area (Å²) in [6, 6.07) is 1.72. The summed E-state index contributed by atoms with van der Waals surface area (Å²) in [5.41, 5.74) is 0.423. The smallest absolute Gasteiger partial charge is 0.362 e. The standard InChI is InChI=1S/C8H6N2O3S/c1-13-8(12)5-6(11)10-7-4(9-5)2-3-14-7/h2-3H,1H3,(H,10,11). The van der Waals surface area contributed by atoms with Gasteiger partial charge in [-0.25, -0.2) is 9.78 Å². The number of thiophene rings is 1. The summed E-state index contributed by atoms with van der Waals surface area (Å²) in [4.78, 5) is 19.5. The van der Waals surface area contributed by atoms with Gasteiger partial charge in [0, 0.05) is 0 Å². The van der Waals surface area contributed by atoms with Gasteiger partial charge < -0.3 is 9.84 Å². The van der Waals surface area contributed by atoms with Crippen LogP contribution in [0.2, 0.25) is 0 Å². The summed E-state index contributed by atoms with van der Waals surface area (Å²) in [7, 11) is 1.22. The quantitative estimate of drug-likeness (QED) is 0.715. The van der Waals surface area contributed by atoms with Crippen LogP contribution in [0.4, 0.5) is 0 Å². The van der Waals surface area contributed by atoms with E-state index in [4.69, 9.17) is 0 Å². The number of nitrogens with zero attached hydrogens (tertiary/aromatic N) is 2. The number of esters is 1. The van der Waals surface area contributed by atoms with Crippen molar-refractivity contribution in [2.24, 2.45) is 0 Å². The van der Waals surface area contributed by atoms with Crippen LogP contribution in [0.1, 0.15) is 10.5 Å². The number of aromatic nitrogens is 2. The molecule has 14 heavy (non-hydrogen) atoms. The molecule has 0 spiro atoms. The molecule has 0 atom stereocenters. The van der Waals surface area contributed by atoms with Crippen LogP contribution < -0.4 is 0 Å². The van der Waals surface area contributed by atoms with Crippen molar-refractivity contribution in [3.8, 4) is 5.88 Å². The minimum absolute atomic E-state index is 0.154. The number of aromatic hydroxyl groups is 1. The molecule has 5 nitrogen and oxygen atoms in total. The number of methoxy groups -OCH3 is 1. The third kappa shape index (κ3) is 1.29. The van der Waals surface area contributed by atoms with Crippen molar-refractivity contribution in [2.75, 3.05) is 7.11 Å². The van der Waals surface area contributed by atoms with Crippen LogP contribution in [-0.2, 0) is 4.74 Å². The third-order valence-electron chi connectivity index (χ3n) is 1.65. The summed E-state index contributed by atoms with van der Waals surface area (Å²) in [5.74, 6) is -1.09. The maximum Gasteiger partial charge on any atom is 0.362 e. The lowest BCUT2D eigenvalue weighted by Gasteiger charge is -1.99. The first-order valence-electron chi connectivity index (χ1n) is 3.75. The minimum Gasteiger partial charge on any atom is -0.492 e. The van der Waals surface area contributed by atoms with Gasteiger partial charge in [-0.15, -0.1) is 11.3 Å². The number of ether oxygens (including phenoxy) is 1. The number of hydrogen-bond donors (Lipinski definition) is 1. The van der Waals surface area contributed by atoms with E-state index in [0.29, 0.717) is 10.3 Å². The highest BCUT2D eigenvalue weighted by Crippen LogP contribution is 2.22. The van der Waals surface area contributed by atoms with E-state index in [1.165, 1.54) is 18.4 Å². The number of fused-ring (bicyclic) bond motifs is 1. The van der Waals surface area contributed by atoms with Gasteiger partial charge in [0.25, 0.3) is 0 Å². The predicted molar refractivity (Wildman–Crippen MR) is 50.4 cm³/mol. The first-order valence-corrected chi connectivity index (χ1v) is 4.63. The Morgan fingerprint density at radius 2 is 2.36 bits per heavy atom. The molecule has 0 aliphatic carbocycles. The van der Waals surface area contributed by atoms with E-state index in [9.17, 15) is 9.90 Å². The van der Waals surface area contributed by atoms with Crippen molar-refractivity contribution < 1.29 is 14.6 Å². The second kappa shape index (κ2) is 3.22. The molecule has 2 aromatic heterocycles. The molecular weight excluding hydrogens is 204 g/mol. The Kier molecular flexibility index (Phi) is 2.05. The molecule has 0 radical (unpaired) electrons. The van der Waals surface area contributed by atoms with Crippen LogP contribution in [0.25, 0.3) is 10.3 Å². The Balaban J connectivity index is 2.64. The fourth-order valence-electron chi connectivity index (χ4n) is 1.02. The normalized spacial score (nSPS) is 10.4. The zero-order chi connectivity index (χ0) is 10.1. The summed E-state index contributed by atoms with van der Waals surface area (Å²) in [6.45, 7) is 0. The highest BCUT2D eigenvalue weighted by Gasteiger charge is 2.16. The van der Waals surface area contributed by atoms with E-state index in [1.807, 2.05) is 0 Å². The molecule has 0 aliphatic heterocycles. The topological polar surface area (TPSA) is 72.3 Å². The van der Waals surface area contributed by atoms with Gasteiger partial charge in [0.2, 0.25) is 11.6 Å². The molecule has 6 heteroatoms. The van der Waals surface area contributed by atoms with E-state index in [2.05, 4.69) is 14.7 Å². The average molecular weight is 210 g/mol. The molecule has 1 N–H and O–H groups in total. The van der Waals surface area contributed by atoms with Crippen molar-refractivity contribution in [1.29, 1.82) is 0 Å². The van der Waals surface area contributed by atoms with Gasteiger partial charge in [-0.2, -0.15) is 4.98 Å². The molecule has 0 saturated carbocycles. The maximum absolute atomic E-state index is 11.1. The van der Waals surface area contributed by atoms with Crippen LogP contribution in [0, 0.1) is 0 Å². The van der Waals surface area contributed by atoms with Crippen molar-refractivity contribution >= 4 is 27.7 Å². The molecule has 0 aliphatic rings. The molecule has 72 valence electrons. The van der Waals surface area contributed by atoms with Crippen molar-refractivity contribution in [1.82, 2.24) is 9.97 Å². The molecule has 0 unspecified atom stereocenters. The molecule has 2 aromatic rings. The zero-order valence-electron chi connectivity index (χ0n) is 7.22. The number of carbonyl (C=O) groups excluding carboxylic acids is 1. The zero-order valence-corrected chi connectivity index (χ0v) is 8.04. The SMILES string of the molecule is COC(=O)c1nc2ccsc2nc1O. The largest absolute Gasteiger partial charge is 0.492 e. The second-order valence-corrected chi connectivity index (χ2v) is 3.39. The summed E-state index contributed by atoms with van der Waals surface area (Å²) >= 11 is 1.34. The van der Waals surface area contributed by atoms with Gasteiger partial charge in [-0.3, -0.25) is 0 Å². The van der Waals surface area contributed by atoms with Crippen molar-refractivity contribution in [3.63, 3.8) is 0 Å². The van der Waals surface area contributed by atoms with Crippen molar-refractivity contribution in [3.05, 3.63) is 17.1 Å². The molecule has 0 amide bonds. The van der Waals surface area contributed by atoms with Crippen LogP contribution >= 0.6 is 11.3 Å². The van der Waals surface area contributed by atoms with Crippen LogP contribution in [-0.4, -0.2) is 28.2 Å². The lowest BCUT2D eigenvalue weighted by Crippen LogP contribution is -2.05. The summed E-state index contributed by atoms with van der Waals surface area (Å²) < 4.78 is 4.44. The monoisotopic (exact) mass is 210 g/mol. The van der Waals surface area contributed by atoms with E-state index in [-0.39, 0.29) is 5.69 Å². The van der Waals surface area contributed by atoms with Gasteiger partial charge in [-0.05, 0) is 11.4 Å². The van der Waals surface area contributed by atoms with Gasteiger partial charge >= 0.3 is 5.97 Å². The van der Waals surface area contributed by atoms with Crippen LogP contribution in [0.5, 0.6) is 5.88 Å². The fourth-order valence-corrected chi connectivity index (χ4v) is 1.72. The molecule has 0 aromatic carbocycles. The Morgan fingerprint density at radius 3 is 3.07 bits per heavy atom. The van der Waals surface area contributed by atoms with Gasteiger partial charge in [0.1, 0.15) is 10.3 Å². The van der Waals surface area contributed by atoms with Gasteiger partial charge in [0.15, 0.2) is 0 Å². The highest BCUT2D eigenvalue weighted by atomic mass is 32.1. The molecule has 0 fully saturated rings. The third-order valence-corrected chi connectivity index (χ3v) is 2.45. The van der Waals surface area contributed by atoms with Crippen LogP contribution in [0.15, 0.2) is 11.4 Å². The van der Waals surface area contributed by atoms with Crippen molar-refractivity contribution in [2.45, 2.75) is 0 Å².